The van der Waals surface area contributed by atoms with Crippen molar-refractivity contribution in [2.24, 2.45) is 7.05 Å². The fourth-order valence-electron chi connectivity index (χ4n) is 4.62. The molecule has 1 aliphatic rings. The third-order valence-corrected chi connectivity index (χ3v) is 6.09. The van der Waals surface area contributed by atoms with Gasteiger partial charge in [0, 0.05) is 28.1 Å². The highest BCUT2D eigenvalue weighted by Crippen LogP contribution is 2.37. The minimum atomic E-state index is 0.723. The topological polar surface area (TPSA) is 29.9 Å². The van der Waals surface area contributed by atoms with Crippen LogP contribution in [0, 0.1) is 13.8 Å². The first-order chi connectivity index (χ1) is 13.1. The van der Waals surface area contributed by atoms with Gasteiger partial charge in [-0.2, -0.15) is 0 Å². The quantitative estimate of drug-likeness (QED) is 0.428. The second kappa shape index (κ2) is 6.19. The maximum absolute atomic E-state index is 6.26. The first kappa shape index (κ1) is 16.5. The van der Waals surface area contributed by atoms with Gasteiger partial charge in [0.05, 0.1) is 5.56 Å². The molecule has 3 heterocycles. The van der Waals surface area contributed by atoms with Crippen molar-refractivity contribution in [3.05, 3.63) is 59.4 Å². The smallest absolute Gasteiger partial charge is 0.227 e. The summed E-state index contributed by atoms with van der Waals surface area (Å²) in [5.74, 6) is 0.723. The van der Waals surface area contributed by atoms with Crippen LogP contribution in [0.5, 0.6) is 0 Å². The van der Waals surface area contributed by atoms with Crippen molar-refractivity contribution >= 4 is 22.1 Å². The number of fused-ring (bicyclic) bond motifs is 3. The monoisotopic (exact) mass is 357 g/mol. The first-order valence-corrected chi connectivity index (χ1v) is 9.91. The van der Waals surface area contributed by atoms with E-state index >= 15 is 0 Å². The number of hydrogen-bond donors (Lipinski definition) is 0. The molecule has 0 radical (unpaired) electrons. The number of pyridine rings is 2. The Morgan fingerprint density at radius 1 is 0.963 bits per heavy atom. The summed E-state index contributed by atoms with van der Waals surface area (Å²) in [6, 6.07) is 13.1. The van der Waals surface area contributed by atoms with Crippen LogP contribution in [0.15, 0.2) is 47.0 Å². The van der Waals surface area contributed by atoms with Gasteiger partial charge in [0.1, 0.15) is 7.05 Å². The summed E-state index contributed by atoms with van der Waals surface area (Å²) >= 11 is 0. The summed E-state index contributed by atoms with van der Waals surface area (Å²) in [6.45, 7) is 4.16. The van der Waals surface area contributed by atoms with E-state index in [0.29, 0.717) is 0 Å². The third kappa shape index (κ3) is 2.64. The van der Waals surface area contributed by atoms with Gasteiger partial charge in [-0.05, 0) is 56.4 Å². The molecule has 5 rings (SSSR count). The van der Waals surface area contributed by atoms with Gasteiger partial charge in [0.15, 0.2) is 11.8 Å². The average Bonchev–Trinajstić information content (AvgIpc) is 3.29. The Kier molecular flexibility index (Phi) is 3.78. The van der Waals surface area contributed by atoms with E-state index in [1.54, 1.807) is 0 Å². The Morgan fingerprint density at radius 2 is 1.74 bits per heavy atom. The minimum Gasteiger partial charge on any atom is -0.437 e. The maximum atomic E-state index is 6.26. The Morgan fingerprint density at radius 3 is 2.52 bits per heavy atom. The summed E-state index contributed by atoms with van der Waals surface area (Å²) in [5.41, 5.74) is 7.69. The van der Waals surface area contributed by atoms with Gasteiger partial charge < -0.3 is 4.42 Å². The molecule has 3 nitrogen and oxygen atoms in total. The minimum absolute atomic E-state index is 0.723. The fraction of sp³-hybridized carbons (Fsp3) is 0.333. The van der Waals surface area contributed by atoms with E-state index in [9.17, 15) is 0 Å². The maximum Gasteiger partial charge on any atom is 0.227 e. The van der Waals surface area contributed by atoms with Crippen molar-refractivity contribution in [1.29, 1.82) is 0 Å². The van der Waals surface area contributed by atoms with E-state index in [2.05, 4.69) is 60.1 Å². The Hall–Kier alpha value is -2.68. The largest absolute Gasteiger partial charge is 0.437 e. The van der Waals surface area contributed by atoms with Gasteiger partial charge >= 0.3 is 0 Å². The zero-order valence-corrected chi connectivity index (χ0v) is 16.2. The van der Waals surface area contributed by atoms with Crippen LogP contribution in [0.1, 0.15) is 48.4 Å². The lowest BCUT2D eigenvalue weighted by molar-refractivity contribution is -0.660. The molecule has 0 bridgehead atoms. The standard InChI is InChI=1S/C24H25N2O/c1-15-8-11-19-20-12-9-16(2)25-24(20)27-23(19)22(15)21-13-10-18(14-26(21)3)17-6-4-5-7-17/h8-14,17H,4-7H2,1-3H3/q+1. The van der Waals surface area contributed by atoms with Crippen molar-refractivity contribution in [3.63, 3.8) is 0 Å². The SMILES string of the molecule is Cc1ccc2c(n1)oc1c(-c3ccc(C4CCCC4)c[n+]3C)c(C)ccc12. The molecule has 0 aliphatic heterocycles. The van der Waals surface area contributed by atoms with Crippen molar-refractivity contribution in [2.75, 3.05) is 0 Å². The first-order valence-electron chi connectivity index (χ1n) is 9.91. The lowest BCUT2D eigenvalue weighted by Gasteiger charge is -2.10. The van der Waals surface area contributed by atoms with Gasteiger partial charge in [-0.25, -0.2) is 9.55 Å². The summed E-state index contributed by atoms with van der Waals surface area (Å²) in [6.07, 6.45) is 7.68. The van der Waals surface area contributed by atoms with Gasteiger partial charge in [-0.1, -0.05) is 25.0 Å². The molecule has 3 heteroatoms. The van der Waals surface area contributed by atoms with E-state index in [4.69, 9.17) is 4.42 Å². The van der Waals surface area contributed by atoms with E-state index < -0.39 is 0 Å². The molecule has 0 saturated heterocycles. The van der Waals surface area contributed by atoms with Crippen LogP contribution in [-0.4, -0.2) is 4.98 Å². The number of hydrogen-bond acceptors (Lipinski definition) is 2. The molecule has 1 aromatic carbocycles. The zero-order chi connectivity index (χ0) is 18.5. The van der Waals surface area contributed by atoms with Crippen molar-refractivity contribution in [1.82, 2.24) is 4.98 Å². The number of nitrogens with zero attached hydrogens (tertiary/aromatic N) is 2. The lowest BCUT2D eigenvalue weighted by Crippen LogP contribution is -2.31. The number of aromatic nitrogens is 2. The molecule has 27 heavy (non-hydrogen) atoms. The number of rotatable bonds is 2. The molecule has 3 aromatic heterocycles. The fourth-order valence-corrected chi connectivity index (χ4v) is 4.62. The van der Waals surface area contributed by atoms with Gasteiger partial charge in [-0.15, -0.1) is 0 Å². The molecule has 0 unspecified atom stereocenters. The summed E-state index contributed by atoms with van der Waals surface area (Å²) < 4.78 is 8.53. The van der Waals surface area contributed by atoms with Crippen molar-refractivity contribution < 1.29 is 8.98 Å². The number of benzene rings is 1. The second-order valence-electron chi connectivity index (χ2n) is 7.98. The van der Waals surface area contributed by atoms with Crippen LogP contribution in [-0.2, 0) is 7.05 Å². The molecule has 136 valence electrons. The third-order valence-electron chi connectivity index (χ3n) is 6.09. The Bertz CT molecular complexity index is 1170. The van der Waals surface area contributed by atoms with Crippen molar-refractivity contribution in [3.8, 4) is 11.3 Å². The molecule has 0 atom stereocenters. The van der Waals surface area contributed by atoms with Crippen LogP contribution < -0.4 is 4.57 Å². The van der Waals surface area contributed by atoms with Crippen LogP contribution in [0.25, 0.3) is 33.3 Å². The predicted octanol–water partition coefficient (Wildman–Crippen LogP) is 5.75. The molecule has 1 aliphatic carbocycles. The summed E-state index contributed by atoms with van der Waals surface area (Å²) in [7, 11) is 2.15. The van der Waals surface area contributed by atoms with Gasteiger partial charge in [0.25, 0.3) is 0 Å². The molecule has 1 saturated carbocycles. The Balaban J connectivity index is 1.72. The molecular weight excluding hydrogens is 332 g/mol. The zero-order valence-electron chi connectivity index (χ0n) is 16.2. The average molecular weight is 357 g/mol. The highest BCUT2D eigenvalue weighted by atomic mass is 16.3. The molecular formula is C24H25N2O+. The van der Waals surface area contributed by atoms with E-state index in [1.165, 1.54) is 48.1 Å². The molecule has 0 amide bonds. The highest BCUT2D eigenvalue weighted by Gasteiger charge is 2.24. The highest BCUT2D eigenvalue weighted by molar-refractivity contribution is 6.08. The van der Waals surface area contributed by atoms with Crippen LogP contribution in [0.4, 0.5) is 0 Å². The van der Waals surface area contributed by atoms with Crippen LogP contribution in [0.2, 0.25) is 0 Å². The Labute approximate surface area is 159 Å². The molecule has 0 spiro atoms. The normalized spacial score (nSPS) is 15.2. The summed E-state index contributed by atoms with van der Waals surface area (Å²) in [5, 5.41) is 2.22. The van der Waals surface area contributed by atoms with Gasteiger partial charge in [-0.3, -0.25) is 0 Å². The van der Waals surface area contributed by atoms with Gasteiger partial charge in [0.2, 0.25) is 11.4 Å². The molecule has 0 N–H and O–H groups in total. The number of furan rings is 1. The van der Waals surface area contributed by atoms with E-state index in [0.717, 1.165) is 33.7 Å². The summed E-state index contributed by atoms with van der Waals surface area (Å²) in [4.78, 5) is 4.59. The van der Waals surface area contributed by atoms with E-state index in [1.807, 2.05) is 13.0 Å². The second-order valence-corrected chi connectivity index (χ2v) is 7.98. The lowest BCUT2D eigenvalue weighted by atomic mass is 9.96. The van der Waals surface area contributed by atoms with Crippen LogP contribution >= 0.6 is 0 Å². The molecule has 1 fully saturated rings. The predicted molar refractivity (Wildman–Crippen MR) is 109 cm³/mol. The number of aryl methyl sites for hydroxylation is 3. The molecule has 4 aromatic rings. The van der Waals surface area contributed by atoms with Crippen LogP contribution in [0.3, 0.4) is 0 Å². The van der Waals surface area contributed by atoms with E-state index in [-0.39, 0.29) is 0 Å². The van der Waals surface area contributed by atoms with Crippen molar-refractivity contribution in [2.45, 2.75) is 45.4 Å².